The monoisotopic (exact) mass is 780 g/mol. The van der Waals surface area contributed by atoms with Gasteiger partial charge in [0, 0.05) is 43.8 Å². The van der Waals surface area contributed by atoms with Crippen LogP contribution in [0.15, 0.2) is 66.7 Å². The number of benzene rings is 3. The zero-order chi connectivity index (χ0) is 41.3. The van der Waals surface area contributed by atoms with Crippen LogP contribution in [0.1, 0.15) is 55.0 Å². The molecule has 1 aliphatic rings. The summed E-state index contributed by atoms with van der Waals surface area (Å²) in [4.78, 5) is 68.6. The topological polar surface area (TPSA) is 231 Å². The Balaban J connectivity index is 1.72. The zero-order valence-electron chi connectivity index (χ0n) is 32.6. The lowest BCUT2D eigenvalue weighted by molar-refractivity contribution is -0.140. The smallest absolute Gasteiger partial charge is 0.248 e. The summed E-state index contributed by atoms with van der Waals surface area (Å²) < 4.78 is 12.1. The van der Waals surface area contributed by atoms with Gasteiger partial charge in [-0.3, -0.25) is 24.0 Å². The van der Waals surface area contributed by atoms with Gasteiger partial charge in [-0.1, -0.05) is 49.7 Å². The minimum absolute atomic E-state index is 0.0264. The number of amides is 5. The molecular weight excluding hydrogens is 729 g/mol. The lowest BCUT2D eigenvalue weighted by Crippen LogP contribution is -2.55. The van der Waals surface area contributed by atoms with Crippen molar-refractivity contribution in [1.82, 2.24) is 26.2 Å². The molecule has 15 heteroatoms. The molecule has 0 spiro atoms. The predicted octanol–water partition coefficient (Wildman–Crippen LogP) is 1.89. The van der Waals surface area contributed by atoms with Gasteiger partial charge in [0.2, 0.25) is 29.5 Å². The summed E-state index contributed by atoms with van der Waals surface area (Å²) >= 11 is 0. The van der Waals surface area contributed by atoms with Crippen molar-refractivity contribution in [3.63, 3.8) is 0 Å². The number of ether oxygens (including phenoxy) is 2. The zero-order valence-corrected chi connectivity index (χ0v) is 32.6. The maximum Gasteiger partial charge on any atom is 0.248 e. The Morgan fingerprint density at radius 2 is 1.60 bits per heavy atom. The van der Waals surface area contributed by atoms with Crippen LogP contribution in [0.5, 0.6) is 11.5 Å². The number of nitrogens with two attached hydrogens (primary N) is 2. The van der Waals surface area contributed by atoms with Crippen LogP contribution >= 0.6 is 0 Å². The molecule has 0 aromatic heterocycles. The van der Waals surface area contributed by atoms with E-state index in [4.69, 9.17) is 26.2 Å². The number of nitrogens with zero attached hydrogens (tertiary/aromatic N) is 2. The van der Waals surface area contributed by atoms with Crippen molar-refractivity contribution in [3.8, 4) is 28.7 Å². The minimum atomic E-state index is -1.30. The highest BCUT2D eigenvalue weighted by atomic mass is 16.5. The SMILES string of the molecule is CCCCc1ccc(/C=C/C(=O)NCC(=O)N(C)C2C(=O)N[C@@H](C)C(=O)NC(C(=O)NCC#N)Cc3ccc(OCCN)c(c3)-c3cc2ccc3OCCN)cc1. The first-order valence-electron chi connectivity index (χ1n) is 19.0. The molecule has 0 radical (unpaired) electrons. The summed E-state index contributed by atoms with van der Waals surface area (Å²) in [5.74, 6) is -2.26. The maximum absolute atomic E-state index is 14.2. The highest BCUT2D eigenvalue weighted by Crippen LogP contribution is 2.40. The fraction of sp³-hybridized carbons (Fsp3) is 0.381. The van der Waals surface area contributed by atoms with Crippen LogP contribution in [0, 0.1) is 11.3 Å². The number of unbranched alkanes of at least 4 members (excludes halogenated alkanes) is 1. The van der Waals surface area contributed by atoms with Gasteiger partial charge in [0.05, 0.1) is 12.6 Å². The van der Waals surface area contributed by atoms with E-state index in [1.165, 1.54) is 30.5 Å². The van der Waals surface area contributed by atoms with Crippen molar-refractivity contribution < 1.29 is 33.4 Å². The standard InChI is InChI=1S/C42H52N8O7/c1-4-5-6-28-7-9-29(10-8-28)12-16-37(51)47-26-38(52)50(3)39-31-13-15-36(57-22-19-45)33(25-31)32-23-30(11-14-35(32)56-21-18-44)24-34(41(54)46-20-17-43)49-40(53)27(2)48-42(39)55/h7-16,23,25,27,34,39H,4-6,18-22,24,26,44-45H2,1-3H3,(H,46,54)(H,47,51)(H,48,55)(H,49,53)/b16-12+/t27-,34?,39?/m0/s1. The molecular formula is C42H52N8O7. The van der Waals surface area contributed by atoms with Crippen LogP contribution < -0.4 is 42.2 Å². The fourth-order valence-electron chi connectivity index (χ4n) is 6.17. The number of likely N-dealkylation sites (N-methyl/N-ethyl adjacent to an activating group) is 1. The van der Waals surface area contributed by atoms with Gasteiger partial charge in [-0.15, -0.1) is 0 Å². The number of nitrogens with one attached hydrogen (secondary N) is 4. The quantitative estimate of drug-likeness (QED) is 0.0913. The molecule has 0 saturated carbocycles. The first-order chi connectivity index (χ1) is 27.5. The van der Waals surface area contributed by atoms with Gasteiger partial charge in [0.1, 0.15) is 49.4 Å². The van der Waals surface area contributed by atoms with Crippen LogP contribution in [0.25, 0.3) is 17.2 Å². The number of carbonyl (C=O) groups excluding carboxylic acids is 5. The molecule has 2 unspecified atom stereocenters. The van der Waals surface area contributed by atoms with E-state index in [1.807, 2.05) is 30.3 Å². The van der Waals surface area contributed by atoms with Crippen molar-refractivity contribution in [2.24, 2.45) is 11.5 Å². The second kappa shape index (κ2) is 21.7. The molecule has 3 aromatic carbocycles. The minimum Gasteiger partial charge on any atom is -0.492 e. The normalized spacial score (nSPS) is 16.7. The second-order valence-electron chi connectivity index (χ2n) is 13.5. The highest BCUT2D eigenvalue weighted by Gasteiger charge is 2.33. The van der Waals surface area contributed by atoms with Crippen molar-refractivity contribution in [3.05, 3.63) is 89.0 Å². The number of rotatable bonds is 16. The number of hydrogen-bond acceptors (Lipinski definition) is 10. The van der Waals surface area contributed by atoms with Gasteiger partial charge in [-0.2, -0.15) is 5.26 Å². The van der Waals surface area contributed by atoms with Crippen LogP contribution in [-0.2, 0) is 36.8 Å². The average Bonchev–Trinajstić information content (AvgIpc) is 3.21. The third kappa shape index (κ3) is 12.4. The van der Waals surface area contributed by atoms with Gasteiger partial charge < -0.3 is 47.1 Å². The molecule has 1 heterocycles. The molecule has 1 aliphatic heterocycles. The highest BCUT2D eigenvalue weighted by molar-refractivity contribution is 5.97. The Morgan fingerprint density at radius 3 is 2.25 bits per heavy atom. The van der Waals surface area contributed by atoms with E-state index in [0.717, 1.165) is 24.8 Å². The van der Waals surface area contributed by atoms with Crippen LogP contribution in [0.4, 0.5) is 0 Å². The van der Waals surface area contributed by atoms with Crippen molar-refractivity contribution >= 4 is 35.6 Å². The summed E-state index contributed by atoms with van der Waals surface area (Å²) in [7, 11) is 1.42. The lowest BCUT2D eigenvalue weighted by Gasteiger charge is -2.30. The van der Waals surface area contributed by atoms with E-state index in [9.17, 15) is 24.0 Å². The van der Waals surface area contributed by atoms with Crippen molar-refractivity contribution in [2.75, 3.05) is 46.4 Å². The van der Waals surface area contributed by atoms with Gasteiger partial charge in [-0.05, 0) is 72.4 Å². The van der Waals surface area contributed by atoms with Crippen LogP contribution in [-0.4, -0.2) is 93.0 Å². The van der Waals surface area contributed by atoms with Gasteiger partial charge in [-0.25, -0.2) is 0 Å². The van der Waals surface area contributed by atoms with Gasteiger partial charge in [0.15, 0.2) is 0 Å². The molecule has 0 aliphatic carbocycles. The molecule has 57 heavy (non-hydrogen) atoms. The number of aryl methyl sites for hydroxylation is 1. The summed E-state index contributed by atoms with van der Waals surface area (Å²) in [6.07, 6.45) is 6.19. The third-order valence-electron chi connectivity index (χ3n) is 9.24. The number of hydrogen-bond donors (Lipinski definition) is 6. The first kappa shape index (κ1) is 43.5. The summed E-state index contributed by atoms with van der Waals surface area (Å²) in [6.45, 7) is 3.64. The van der Waals surface area contributed by atoms with Crippen LogP contribution in [0.2, 0.25) is 0 Å². The maximum atomic E-state index is 14.2. The number of fused-ring (bicyclic) bond motifs is 5. The molecule has 15 nitrogen and oxygen atoms in total. The Kier molecular flexibility index (Phi) is 16.6. The van der Waals surface area contributed by atoms with E-state index in [1.54, 1.807) is 42.5 Å². The van der Waals surface area contributed by atoms with E-state index in [-0.39, 0.29) is 39.3 Å². The largest absolute Gasteiger partial charge is 0.492 e. The Hall–Kier alpha value is -6.24. The first-order valence-corrected chi connectivity index (χ1v) is 19.0. The summed E-state index contributed by atoms with van der Waals surface area (Å²) in [6, 6.07) is 16.4. The van der Waals surface area contributed by atoms with Crippen molar-refractivity contribution in [2.45, 2.75) is 57.7 Å². The van der Waals surface area contributed by atoms with Gasteiger partial charge >= 0.3 is 0 Å². The number of nitriles is 1. The average molecular weight is 781 g/mol. The van der Waals surface area contributed by atoms with Crippen LogP contribution in [0.3, 0.4) is 0 Å². The molecule has 3 aromatic rings. The molecule has 3 atom stereocenters. The Morgan fingerprint density at radius 1 is 0.930 bits per heavy atom. The fourth-order valence-corrected chi connectivity index (χ4v) is 6.17. The van der Waals surface area contributed by atoms with E-state index < -0.39 is 54.2 Å². The number of carbonyl (C=O) groups is 5. The second-order valence-corrected chi connectivity index (χ2v) is 13.5. The summed E-state index contributed by atoms with van der Waals surface area (Å²) in [5.41, 5.74) is 15.6. The molecule has 4 bridgehead atoms. The Labute approximate surface area is 333 Å². The Bertz CT molecular complexity index is 1960. The van der Waals surface area contributed by atoms with E-state index in [2.05, 4.69) is 28.2 Å². The molecule has 0 saturated heterocycles. The van der Waals surface area contributed by atoms with E-state index in [0.29, 0.717) is 33.8 Å². The molecule has 8 N–H and O–H groups in total. The molecule has 5 amide bonds. The van der Waals surface area contributed by atoms with Crippen molar-refractivity contribution in [1.29, 1.82) is 5.26 Å². The molecule has 302 valence electrons. The summed E-state index contributed by atoms with van der Waals surface area (Å²) in [5, 5.41) is 19.5. The molecule has 4 rings (SSSR count). The van der Waals surface area contributed by atoms with Gasteiger partial charge in [0.25, 0.3) is 0 Å². The third-order valence-corrected chi connectivity index (χ3v) is 9.24. The molecule has 0 fully saturated rings. The lowest BCUT2D eigenvalue weighted by atomic mass is 9.93. The van der Waals surface area contributed by atoms with E-state index >= 15 is 0 Å². The predicted molar refractivity (Wildman–Crippen MR) is 215 cm³/mol.